The molecule has 5 rings (SSSR count). The Kier molecular flexibility index (Phi) is 4.73. The van der Waals surface area contributed by atoms with Gasteiger partial charge in [0, 0.05) is 21.4 Å². The van der Waals surface area contributed by atoms with Crippen LogP contribution in [0.4, 0.5) is 5.69 Å². The van der Waals surface area contributed by atoms with Crippen molar-refractivity contribution in [2.45, 2.75) is 6.92 Å². The molecule has 0 bridgehead atoms. The number of hydrogen-bond acceptors (Lipinski definition) is 6. The van der Waals surface area contributed by atoms with Crippen LogP contribution in [0.2, 0.25) is 0 Å². The first-order valence-electron chi connectivity index (χ1n) is 9.59. The summed E-state index contributed by atoms with van der Waals surface area (Å²) >= 11 is 2.93. The van der Waals surface area contributed by atoms with Gasteiger partial charge in [-0.1, -0.05) is 48.5 Å². The van der Waals surface area contributed by atoms with E-state index in [1.807, 2.05) is 29.6 Å². The molecule has 0 spiro atoms. The monoisotopic (exact) mass is 430 g/mol. The standard InChI is InChI=1S/C24H18N2O2S2/c1-2-28-24(27)22-21(25)20-17(19-11-6-12-29-19)13-18(26-23(20)30-22)16-10-5-8-14-7-3-4-9-15(14)16/h3-13H,2,25H2,1H3. The number of esters is 1. The molecule has 2 N–H and O–H groups in total. The number of anilines is 1. The summed E-state index contributed by atoms with van der Waals surface area (Å²) in [7, 11) is 0. The van der Waals surface area contributed by atoms with Crippen LogP contribution in [0.25, 0.3) is 42.7 Å². The number of nitrogens with zero attached hydrogens (tertiary/aromatic N) is 1. The zero-order valence-electron chi connectivity index (χ0n) is 16.2. The minimum Gasteiger partial charge on any atom is -0.462 e. The highest BCUT2D eigenvalue weighted by molar-refractivity contribution is 7.21. The highest BCUT2D eigenvalue weighted by atomic mass is 32.1. The molecule has 6 heteroatoms. The van der Waals surface area contributed by atoms with Crippen LogP contribution in [0, 0.1) is 0 Å². The minimum absolute atomic E-state index is 0.305. The van der Waals surface area contributed by atoms with Gasteiger partial charge in [0.15, 0.2) is 0 Å². The Labute approximate surface area is 181 Å². The van der Waals surface area contributed by atoms with Crippen LogP contribution in [0.5, 0.6) is 0 Å². The second-order valence-electron chi connectivity index (χ2n) is 6.80. The molecule has 3 heterocycles. The van der Waals surface area contributed by atoms with Crippen molar-refractivity contribution in [3.8, 4) is 21.7 Å². The van der Waals surface area contributed by atoms with Gasteiger partial charge in [0.2, 0.25) is 0 Å². The summed E-state index contributed by atoms with van der Waals surface area (Å²) in [5, 5.41) is 5.15. The zero-order chi connectivity index (χ0) is 20.7. The summed E-state index contributed by atoms with van der Waals surface area (Å²) < 4.78 is 5.21. The van der Waals surface area contributed by atoms with Gasteiger partial charge in [-0.05, 0) is 35.2 Å². The highest BCUT2D eigenvalue weighted by Crippen LogP contribution is 2.43. The predicted molar refractivity (Wildman–Crippen MR) is 126 cm³/mol. The summed E-state index contributed by atoms with van der Waals surface area (Å²) in [6.07, 6.45) is 0. The first kappa shape index (κ1) is 18.8. The first-order chi connectivity index (χ1) is 14.7. The molecule has 0 aliphatic carbocycles. The zero-order valence-corrected chi connectivity index (χ0v) is 17.8. The molecule has 0 aliphatic rings. The molecular weight excluding hydrogens is 412 g/mol. The Hall–Kier alpha value is -3.22. The molecular formula is C24H18N2O2S2. The van der Waals surface area contributed by atoms with E-state index in [0.717, 1.165) is 42.7 Å². The SMILES string of the molecule is CCOC(=O)c1sc2nc(-c3cccc4ccccc34)cc(-c3cccs3)c2c1N. The van der Waals surface area contributed by atoms with Gasteiger partial charge >= 0.3 is 5.97 Å². The number of aromatic nitrogens is 1. The van der Waals surface area contributed by atoms with Crippen molar-refractivity contribution < 1.29 is 9.53 Å². The third-order valence-corrected chi connectivity index (χ3v) is 6.99. The predicted octanol–water partition coefficient (Wildman–Crippen LogP) is 6.60. The average Bonchev–Trinajstić information content (AvgIpc) is 3.41. The Morgan fingerprint density at radius 3 is 2.70 bits per heavy atom. The molecule has 148 valence electrons. The number of ether oxygens (including phenoxy) is 1. The van der Waals surface area contributed by atoms with Gasteiger partial charge in [0.05, 0.1) is 18.0 Å². The van der Waals surface area contributed by atoms with Crippen LogP contribution in [0.1, 0.15) is 16.6 Å². The Morgan fingerprint density at radius 1 is 1.07 bits per heavy atom. The van der Waals surface area contributed by atoms with Crippen molar-refractivity contribution >= 4 is 55.3 Å². The summed E-state index contributed by atoms with van der Waals surface area (Å²) in [6.45, 7) is 2.09. The second-order valence-corrected chi connectivity index (χ2v) is 8.75. The van der Waals surface area contributed by atoms with Crippen molar-refractivity contribution in [3.63, 3.8) is 0 Å². The van der Waals surface area contributed by atoms with E-state index < -0.39 is 5.97 Å². The number of nitrogens with two attached hydrogens (primary N) is 1. The maximum Gasteiger partial charge on any atom is 0.350 e. The molecule has 30 heavy (non-hydrogen) atoms. The molecule has 3 aromatic heterocycles. The Balaban J connectivity index is 1.82. The van der Waals surface area contributed by atoms with E-state index in [9.17, 15) is 4.79 Å². The minimum atomic E-state index is -0.401. The number of nitrogen functional groups attached to an aromatic ring is 1. The van der Waals surface area contributed by atoms with Crippen molar-refractivity contribution in [2.24, 2.45) is 0 Å². The van der Waals surface area contributed by atoms with Crippen LogP contribution in [0.3, 0.4) is 0 Å². The smallest absolute Gasteiger partial charge is 0.350 e. The van der Waals surface area contributed by atoms with Crippen molar-refractivity contribution in [3.05, 3.63) is 70.9 Å². The van der Waals surface area contributed by atoms with Crippen LogP contribution in [0.15, 0.2) is 66.0 Å². The van der Waals surface area contributed by atoms with Gasteiger partial charge in [-0.25, -0.2) is 9.78 Å². The number of fused-ring (bicyclic) bond motifs is 2. The van der Waals surface area contributed by atoms with Crippen LogP contribution in [-0.2, 0) is 4.74 Å². The van der Waals surface area contributed by atoms with Gasteiger partial charge in [0.1, 0.15) is 9.71 Å². The maximum absolute atomic E-state index is 12.4. The van der Waals surface area contributed by atoms with Crippen LogP contribution >= 0.6 is 22.7 Å². The number of pyridine rings is 1. The van der Waals surface area contributed by atoms with Gasteiger partial charge in [-0.3, -0.25) is 0 Å². The highest BCUT2D eigenvalue weighted by Gasteiger charge is 2.23. The molecule has 0 fully saturated rings. The largest absolute Gasteiger partial charge is 0.462 e. The molecule has 0 unspecified atom stereocenters. The number of rotatable bonds is 4. The van der Waals surface area contributed by atoms with E-state index in [1.165, 1.54) is 11.3 Å². The molecule has 0 amide bonds. The van der Waals surface area contributed by atoms with E-state index in [0.29, 0.717) is 17.2 Å². The van der Waals surface area contributed by atoms with E-state index in [1.54, 1.807) is 18.3 Å². The summed E-state index contributed by atoms with van der Waals surface area (Å²) in [5.74, 6) is -0.401. The molecule has 4 nitrogen and oxygen atoms in total. The molecule has 0 radical (unpaired) electrons. The van der Waals surface area contributed by atoms with Crippen molar-refractivity contribution in [1.29, 1.82) is 0 Å². The second kappa shape index (κ2) is 7.55. The van der Waals surface area contributed by atoms with Gasteiger partial charge in [0.25, 0.3) is 0 Å². The quantitative estimate of drug-likeness (QED) is 0.326. The summed E-state index contributed by atoms with van der Waals surface area (Å²) in [6, 6.07) is 20.6. The lowest BCUT2D eigenvalue weighted by atomic mass is 9.99. The third kappa shape index (κ3) is 3.05. The maximum atomic E-state index is 12.4. The molecule has 2 aromatic carbocycles. The lowest BCUT2D eigenvalue weighted by Gasteiger charge is -2.09. The van der Waals surface area contributed by atoms with Crippen molar-refractivity contribution in [1.82, 2.24) is 4.98 Å². The lowest BCUT2D eigenvalue weighted by molar-refractivity contribution is 0.0533. The molecule has 0 saturated heterocycles. The topological polar surface area (TPSA) is 65.2 Å². The van der Waals surface area contributed by atoms with Gasteiger partial charge < -0.3 is 10.5 Å². The van der Waals surface area contributed by atoms with Crippen molar-refractivity contribution in [2.75, 3.05) is 12.3 Å². The third-order valence-electron chi connectivity index (χ3n) is 5.01. The van der Waals surface area contributed by atoms with Crippen LogP contribution in [-0.4, -0.2) is 17.6 Å². The number of carbonyl (C=O) groups excluding carboxylic acids is 1. The normalized spacial score (nSPS) is 11.2. The fourth-order valence-corrected chi connectivity index (χ4v) is 5.44. The number of carbonyl (C=O) groups is 1. The fourth-order valence-electron chi connectivity index (χ4n) is 3.68. The van der Waals surface area contributed by atoms with Gasteiger partial charge in [-0.2, -0.15) is 0 Å². The summed E-state index contributed by atoms with van der Waals surface area (Å²) in [4.78, 5) is 19.6. The molecule has 0 atom stereocenters. The average molecular weight is 431 g/mol. The van der Waals surface area contributed by atoms with E-state index in [2.05, 4.69) is 36.4 Å². The van der Waals surface area contributed by atoms with E-state index in [-0.39, 0.29) is 0 Å². The molecule has 5 aromatic rings. The summed E-state index contributed by atoms with van der Waals surface area (Å²) in [5.41, 5.74) is 9.77. The van der Waals surface area contributed by atoms with Gasteiger partial charge in [-0.15, -0.1) is 22.7 Å². The fraction of sp³-hybridized carbons (Fsp3) is 0.0833. The number of hydrogen-bond donors (Lipinski definition) is 1. The van der Waals surface area contributed by atoms with Crippen LogP contribution < -0.4 is 5.73 Å². The Bertz CT molecular complexity index is 1380. The number of thiophene rings is 2. The Morgan fingerprint density at radius 2 is 1.90 bits per heavy atom. The molecule has 0 saturated carbocycles. The number of benzene rings is 2. The van der Waals surface area contributed by atoms with E-state index >= 15 is 0 Å². The lowest BCUT2D eigenvalue weighted by Crippen LogP contribution is -2.04. The van der Waals surface area contributed by atoms with E-state index in [4.69, 9.17) is 15.5 Å². The molecule has 0 aliphatic heterocycles. The first-order valence-corrected chi connectivity index (χ1v) is 11.3.